The Hall–Kier alpha value is -2.74. The molecule has 1 fully saturated rings. The summed E-state index contributed by atoms with van der Waals surface area (Å²) in [5.41, 5.74) is 0.0146. The van der Waals surface area contributed by atoms with Crippen LogP contribution in [0, 0.1) is 0 Å². The Bertz CT molecular complexity index is 848. The van der Waals surface area contributed by atoms with E-state index in [1.165, 1.54) is 12.1 Å². The van der Waals surface area contributed by atoms with Gasteiger partial charge in [0.25, 0.3) is 5.91 Å². The van der Waals surface area contributed by atoms with Crippen molar-refractivity contribution in [3.63, 3.8) is 0 Å². The molecule has 2 aromatic carbocycles. The lowest BCUT2D eigenvalue weighted by Crippen LogP contribution is -2.45. The summed E-state index contributed by atoms with van der Waals surface area (Å²) in [4.78, 5) is 14.3. The van der Waals surface area contributed by atoms with E-state index in [-0.39, 0.29) is 18.6 Å². The van der Waals surface area contributed by atoms with Crippen LogP contribution in [0.2, 0.25) is 0 Å². The van der Waals surface area contributed by atoms with Crippen LogP contribution >= 0.6 is 0 Å². The SMILES string of the molecule is CCOc1ccc(OCC(=O)NC2CCN(Cc3cccc(C(F)(F)F)c3)CC2)cc1. The van der Waals surface area contributed by atoms with Crippen molar-refractivity contribution in [3.05, 3.63) is 59.7 Å². The van der Waals surface area contributed by atoms with E-state index in [1.807, 2.05) is 6.92 Å². The third-order valence-corrected chi connectivity index (χ3v) is 5.12. The van der Waals surface area contributed by atoms with Gasteiger partial charge in [-0.3, -0.25) is 9.69 Å². The van der Waals surface area contributed by atoms with E-state index in [4.69, 9.17) is 9.47 Å². The molecular formula is C23H27F3N2O3. The van der Waals surface area contributed by atoms with Crippen molar-refractivity contribution in [3.8, 4) is 11.5 Å². The number of nitrogens with zero attached hydrogens (tertiary/aromatic N) is 1. The predicted molar refractivity (Wildman–Crippen MR) is 111 cm³/mol. The third kappa shape index (κ3) is 7.17. The Kier molecular flexibility index (Phi) is 7.79. The molecule has 1 aliphatic heterocycles. The van der Waals surface area contributed by atoms with Gasteiger partial charge in [0, 0.05) is 25.7 Å². The van der Waals surface area contributed by atoms with Crippen LogP contribution < -0.4 is 14.8 Å². The second-order valence-corrected chi connectivity index (χ2v) is 7.51. The van der Waals surface area contributed by atoms with Gasteiger partial charge in [-0.25, -0.2) is 0 Å². The van der Waals surface area contributed by atoms with Gasteiger partial charge >= 0.3 is 6.18 Å². The van der Waals surface area contributed by atoms with Crippen molar-refractivity contribution in [1.82, 2.24) is 10.2 Å². The summed E-state index contributed by atoms with van der Waals surface area (Å²) in [7, 11) is 0. The van der Waals surface area contributed by atoms with Crippen molar-refractivity contribution in [2.45, 2.75) is 38.5 Å². The molecule has 0 aliphatic carbocycles. The fourth-order valence-electron chi connectivity index (χ4n) is 3.56. The highest BCUT2D eigenvalue weighted by Gasteiger charge is 2.30. The molecule has 1 aliphatic rings. The number of hydrogen-bond acceptors (Lipinski definition) is 4. The maximum Gasteiger partial charge on any atom is 0.416 e. The van der Waals surface area contributed by atoms with Gasteiger partial charge in [-0.1, -0.05) is 18.2 Å². The van der Waals surface area contributed by atoms with Crippen LogP contribution in [-0.4, -0.2) is 43.2 Å². The molecule has 1 amide bonds. The number of alkyl halides is 3. The smallest absolute Gasteiger partial charge is 0.416 e. The van der Waals surface area contributed by atoms with Crippen LogP contribution in [0.4, 0.5) is 13.2 Å². The van der Waals surface area contributed by atoms with E-state index >= 15 is 0 Å². The van der Waals surface area contributed by atoms with Crippen LogP contribution in [0.3, 0.4) is 0 Å². The molecule has 0 unspecified atom stereocenters. The minimum atomic E-state index is -4.33. The van der Waals surface area contributed by atoms with Crippen molar-refractivity contribution < 1.29 is 27.4 Å². The normalized spacial score (nSPS) is 15.5. The molecule has 168 valence electrons. The lowest BCUT2D eigenvalue weighted by Gasteiger charge is -2.32. The first kappa shape index (κ1) is 22.9. The highest BCUT2D eigenvalue weighted by Crippen LogP contribution is 2.30. The largest absolute Gasteiger partial charge is 0.494 e. The molecule has 5 nitrogen and oxygen atoms in total. The molecule has 3 rings (SSSR count). The summed E-state index contributed by atoms with van der Waals surface area (Å²) in [5, 5.41) is 2.97. The molecule has 1 N–H and O–H groups in total. The van der Waals surface area contributed by atoms with Gasteiger partial charge in [0.1, 0.15) is 11.5 Å². The summed E-state index contributed by atoms with van der Waals surface area (Å²) in [5.74, 6) is 1.15. The molecule has 8 heteroatoms. The third-order valence-electron chi connectivity index (χ3n) is 5.12. The second kappa shape index (κ2) is 10.5. The zero-order valence-corrected chi connectivity index (χ0v) is 17.5. The molecule has 31 heavy (non-hydrogen) atoms. The van der Waals surface area contributed by atoms with E-state index in [9.17, 15) is 18.0 Å². The fourth-order valence-corrected chi connectivity index (χ4v) is 3.56. The lowest BCUT2D eigenvalue weighted by atomic mass is 10.0. The highest BCUT2D eigenvalue weighted by molar-refractivity contribution is 5.77. The number of ether oxygens (including phenoxy) is 2. The average molecular weight is 436 g/mol. The van der Waals surface area contributed by atoms with E-state index in [0.717, 1.165) is 24.7 Å². The summed E-state index contributed by atoms with van der Waals surface area (Å²) in [6, 6.07) is 12.6. The Labute approximate surface area is 180 Å². The van der Waals surface area contributed by atoms with Gasteiger partial charge < -0.3 is 14.8 Å². The van der Waals surface area contributed by atoms with E-state index in [2.05, 4.69) is 10.2 Å². The molecule has 0 spiro atoms. The Morgan fingerprint density at radius 2 is 1.71 bits per heavy atom. The summed E-state index contributed by atoms with van der Waals surface area (Å²) in [6.45, 7) is 4.30. The number of likely N-dealkylation sites (tertiary alicyclic amines) is 1. The molecule has 2 aromatic rings. The molecule has 0 atom stereocenters. The van der Waals surface area contributed by atoms with Gasteiger partial charge in [-0.2, -0.15) is 13.2 Å². The highest BCUT2D eigenvalue weighted by atomic mass is 19.4. The lowest BCUT2D eigenvalue weighted by molar-refractivity contribution is -0.137. The first-order chi connectivity index (χ1) is 14.8. The first-order valence-corrected chi connectivity index (χ1v) is 10.4. The van der Waals surface area contributed by atoms with Gasteiger partial charge in [0.15, 0.2) is 6.61 Å². The van der Waals surface area contributed by atoms with E-state index in [0.29, 0.717) is 37.6 Å². The number of piperidine rings is 1. The second-order valence-electron chi connectivity index (χ2n) is 7.51. The van der Waals surface area contributed by atoms with Crippen LogP contribution in [0.15, 0.2) is 48.5 Å². The maximum absolute atomic E-state index is 12.9. The standard InChI is InChI=1S/C23H27F3N2O3/c1-2-30-20-6-8-21(9-7-20)31-16-22(29)27-19-10-12-28(13-11-19)15-17-4-3-5-18(14-17)23(24,25)26/h3-9,14,19H,2,10-13,15-16H2,1H3,(H,27,29). The molecule has 0 saturated carbocycles. The van der Waals surface area contributed by atoms with Crippen LogP contribution in [0.5, 0.6) is 11.5 Å². The molecule has 0 aromatic heterocycles. The van der Waals surface area contributed by atoms with E-state index < -0.39 is 11.7 Å². The van der Waals surface area contributed by atoms with Crippen molar-refractivity contribution in [1.29, 1.82) is 0 Å². The molecular weight excluding hydrogens is 409 g/mol. The predicted octanol–water partition coefficient (Wildman–Crippen LogP) is 4.26. The topological polar surface area (TPSA) is 50.8 Å². The van der Waals surface area contributed by atoms with Gasteiger partial charge in [0.05, 0.1) is 12.2 Å². The number of rotatable bonds is 8. The summed E-state index contributed by atoms with van der Waals surface area (Å²) >= 11 is 0. The minimum absolute atomic E-state index is 0.0363. The van der Waals surface area contributed by atoms with Crippen molar-refractivity contribution in [2.75, 3.05) is 26.3 Å². The average Bonchev–Trinajstić information content (AvgIpc) is 2.74. The molecule has 0 radical (unpaired) electrons. The number of nitrogens with one attached hydrogen (secondary N) is 1. The summed E-state index contributed by atoms with van der Waals surface area (Å²) < 4.78 is 49.5. The van der Waals surface area contributed by atoms with Gasteiger partial charge in [0.2, 0.25) is 0 Å². The minimum Gasteiger partial charge on any atom is -0.494 e. The van der Waals surface area contributed by atoms with Gasteiger partial charge in [-0.15, -0.1) is 0 Å². The molecule has 1 heterocycles. The monoisotopic (exact) mass is 436 g/mol. The van der Waals surface area contributed by atoms with Gasteiger partial charge in [-0.05, 0) is 55.7 Å². The fraction of sp³-hybridized carbons (Fsp3) is 0.435. The summed E-state index contributed by atoms with van der Waals surface area (Å²) in [6.07, 6.45) is -2.85. The van der Waals surface area contributed by atoms with Crippen molar-refractivity contribution in [2.24, 2.45) is 0 Å². The molecule has 0 bridgehead atoms. The zero-order valence-electron chi connectivity index (χ0n) is 17.5. The number of benzene rings is 2. The Morgan fingerprint density at radius 3 is 2.32 bits per heavy atom. The zero-order chi connectivity index (χ0) is 22.3. The quantitative estimate of drug-likeness (QED) is 0.672. The Morgan fingerprint density at radius 1 is 1.06 bits per heavy atom. The molecule has 1 saturated heterocycles. The van der Waals surface area contributed by atoms with Crippen LogP contribution in [0.25, 0.3) is 0 Å². The maximum atomic E-state index is 12.9. The number of hydrogen-bond donors (Lipinski definition) is 1. The first-order valence-electron chi connectivity index (χ1n) is 10.4. The number of carbonyl (C=O) groups is 1. The number of carbonyl (C=O) groups excluding carboxylic acids is 1. The van der Waals surface area contributed by atoms with Crippen LogP contribution in [0.1, 0.15) is 30.9 Å². The number of amides is 1. The van der Waals surface area contributed by atoms with E-state index in [1.54, 1.807) is 30.3 Å². The Balaban J connectivity index is 1.39. The number of halogens is 3. The van der Waals surface area contributed by atoms with Crippen molar-refractivity contribution >= 4 is 5.91 Å². The van der Waals surface area contributed by atoms with Crippen LogP contribution in [-0.2, 0) is 17.5 Å².